The molecule has 2 rings (SSSR count). The van der Waals surface area contributed by atoms with E-state index in [-0.39, 0.29) is 16.9 Å². The van der Waals surface area contributed by atoms with Gasteiger partial charge >= 0.3 is 5.63 Å². The molecule has 2 aromatic rings. The molecule has 1 aromatic heterocycles. The molecular weight excluding hydrogens is 208 g/mol. The number of hydrogen-bond acceptors (Lipinski definition) is 4. The van der Waals surface area contributed by atoms with Crippen molar-refractivity contribution in [1.29, 1.82) is 0 Å². The van der Waals surface area contributed by atoms with Gasteiger partial charge in [-0.1, -0.05) is 0 Å². The molecule has 0 aliphatic carbocycles. The molecule has 0 fully saturated rings. The number of aliphatic hydroxyl groups is 1. The second-order valence-electron chi connectivity index (χ2n) is 3.80. The summed E-state index contributed by atoms with van der Waals surface area (Å²) < 4.78 is 5.04. The zero-order chi connectivity index (χ0) is 11.9. The van der Waals surface area contributed by atoms with Crippen LogP contribution in [0.15, 0.2) is 27.4 Å². The molecule has 16 heavy (non-hydrogen) atoms. The molecule has 0 spiro atoms. The van der Waals surface area contributed by atoms with Crippen LogP contribution in [0.5, 0.6) is 5.75 Å². The molecule has 0 bridgehead atoms. The molecule has 0 saturated heterocycles. The first-order chi connectivity index (χ1) is 7.50. The minimum absolute atomic E-state index is 0.0729. The summed E-state index contributed by atoms with van der Waals surface area (Å²) in [4.78, 5) is 11.3. The minimum atomic E-state index is -0.895. The van der Waals surface area contributed by atoms with Crippen molar-refractivity contribution in [3.63, 3.8) is 0 Å². The predicted molar refractivity (Wildman–Crippen MR) is 59.5 cm³/mol. The third-order valence-corrected chi connectivity index (χ3v) is 2.55. The summed E-state index contributed by atoms with van der Waals surface area (Å²) in [5.41, 5.74) is 0.768. The zero-order valence-electron chi connectivity index (χ0n) is 9.02. The molecule has 4 nitrogen and oxygen atoms in total. The Hall–Kier alpha value is -1.81. The monoisotopic (exact) mass is 220 g/mol. The third kappa shape index (κ3) is 1.57. The summed E-state index contributed by atoms with van der Waals surface area (Å²) in [7, 11) is 0. The van der Waals surface area contributed by atoms with Crippen LogP contribution in [0.3, 0.4) is 0 Å². The predicted octanol–water partition coefficient (Wildman–Crippen LogP) is 1.86. The Morgan fingerprint density at radius 1 is 1.38 bits per heavy atom. The van der Waals surface area contributed by atoms with Crippen molar-refractivity contribution in [1.82, 2.24) is 0 Å². The average molecular weight is 220 g/mol. The number of phenolic OH excluding ortho intramolecular Hbond substituents is 1. The van der Waals surface area contributed by atoms with Gasteiger partial charge in [0.1, 0.15) is 11.3 Å². The molecule has 0 unspecified atom stereocenters. The maximum absolute atomic E-state index is 11.3. The van der Waals surface area contributed by atoms with E-state index < -0.39 is 11.7 Å². The van der Waals surface area contributed by atoms with E-state index in [0.29, 0.717) is 5.39 Å². The number of rotatable bonds is 1. The minimum Gasteiger partial charge on any atom is -0.507 e. The van der Waals surface area contributed by atoms with Gasteiger partial charge in [0, 0.05) is 11.5 Å². The normalized spacial score (nSPS) is 12.9. The van der Waals surface area contributed by atoms with E-state index in [0.717, 1.165) is 5.56 Å². The topological polar surface area (TPSA) is 70.7 Å². The smallest absolute Gasteiger partial charge is 0.336 e. The average Bonchev–Trinajstić information content (AvgIpc) is 2.15. The summed E-state index contributed by atoms with van der Waals surface area (Å²) in [6.07, 6.45) is -0.895. The quantitative estimate of drug-likeness (QED) is 0.719. The first-order valence-corrected chi connectivity index (χ1v) is 4.95. The van der Waals surface area contributed by atoms with E-state index in [4.69, 9.17) is 4.42 Å². The van der Waals surface area contributed by atoms with Gasteiger partial charge in [0.05, 0.1) is 11.7 Å². The van der Waals surface area contributed by atoms with Crippen LogP contribution in [0.25, 0.3) is 11.0 Å². The number of aromatic hydroxyl groups is 1. The SMILES string of the molecule is Cc1cc(=O)oc2c([C@@H](C)O)c(O)ccc12. The first kappa shape index (κ1) is 10.7. The van der Waals surface area contributed by atoms with Crippen LogP contribution in [0, 0.1) is 6.92 Å². The molecule has 0 aliphatic rings. The zero-order valence-corrected chi connectivity index (χ0v) is 9.02. The lowest BCUT2D eigenvalue weighted by Gasteiger charge is -2.10. The van der Waals surface area contributed by atoms with Gasteiger partial charge in [0.2, 0.25) is 0 Å². The molecule has 0 aliphatic heterocycles. The van der Waals surface area contributed by atoms with Gasteiger partial charge in [0.25, 0.3) is 0 Å². The van der Waals surface area contributed by atoms with Gasteiger partial charge in [-0.05, 0) is 31.5 Å². The fourth-order valence-electron chi connectivity index (χ4n) is 1.80. The highest BCUT2D eigenvalue weighted by molar-refractivity contribution is 5.85. The van der Waals surface area contributed by atoms with Crippen molar-refractivity contribution in [2.75, 3.05) is 0 Å². The van der Waals surface area contributed by atoms with E-state index >= 15 is 0 Å². The number of aliphatic hydroxyl groups excluding tert-OH is 1. The van der Waals surface area contributed by atoms with Crippen molar-refractivity contribution in [3.8, 4) is 5.75 Å². The van der Waals surface area contributed by atoms with Crippen LogP contribution in [-0.2, 0) is 0 Å². The summed E-state index contributed by atoms with van der Waals surface area (Å²) in [6.45, 7) is 3.29. The van der Waals surface area contributed by atoms with Crippen LogP contribution in [-0.4, -0.2) is 10.2 Å². The number of benzene rings is 1. The van der Waals surface area contributed by atoms with Crippen molar-refractivity contribution in [2.45, 2.75) is 20.0 Å². The van der Waals surface area contributed by atoms with Crippen LogP contribution in [0.2, 0.25) is 0 Å². The standard InChI is InChI=1S/C12H12O4/c1-6-5-10(15)16-12-8(6)3-4-9(14)11(12)7(2)13/h3-5,7,13-14H,1-2H3/t7-/m1/s1. The van der Waals surface area contributed by atoms with Gasteiger partial charge in [-0.25, -0.2) is 4.79 Å². The highest BCUT2D eigenvalue weighted by Crippen LogP contribution is 2.32. The van der Waals surface area contributed by atoms with Crippen molar-refractivity contribution >= 4 is 11.0 Å². The molecule has 4 heteroatoms. The number of hydrogen-bond donors (Lipinski definition) is 2. The molecule has 1 heterocycles. The Bertz CT molecular complexity index is 596. The van der Waals surface area contributed by atoms with Gasteiger partial charge < -0.3 is 14.6 Å². The number of fused-ring (bicyclic) bond motifs is 1. The second kappa shape index (κ2) is 3.64. The van der Waals surface area contributed by atoms with Crippen LogP contribution in [0.4, 0.5) is 0 Å². The maximum Gasteiger partial charge on any atom is 0.336 e. The second-order valence-corrected chi connectivity index (χ2v) is 3.80. The Morgan fingerprint density at radius 2 is 2.06 bits per heavy atom. The molecule has 1 aromatic carbocycles. The van der Waals surface area contributed by atoms with Crippen molar-refractivity contribution in [3.05, 3.63) is 39.7 Å². The summed E-state index contributed by atoms with van der Waals surface area (Å²) in [5.74, 6) is -0.0729. The number of phenols is 1. The lowest BCUT2D eigenvalue weighted by molar-refractivity contribution is 0.195. The third-order valence-electron chi connectivity index (χ3n) is 2.55. The Morgan fingerprint density at radius 3 is 2.69 bits per heavy atom. The summed E-state index contributed by atoms with van der Waals surface area (Å²) in [5, 5.41) is 19.9. The van der Waals surface area contributed by atoms with Crippen LogP contribution in [0.1, 0.15) is 24.2 Å². The number of aryl methyl sites for hydroxylation is 1. The Balaban J connectivity index is 2.97. The maximum atomic E-state index is 11.3. The van der Waals surface area contributed by atoms with Gasteiger partial charge in [-0.15, -0.1) is 0 Å². The van der Waals surface area contributed by atoms with Crippen molar-refractivity contribution < 1.29 is 14.6 Å². The first-order valence-electron chi connectivity index (χ1n) is 4.95. The van der Waals surface area contributed by atoms with E-state index in [1.54, 1.807) is 13.0 Å². The largest absolute Gasteiger partial charge is 0.507 e. The van der Waals surface area contributed by atoms with Gasteiger partial charge in [-0.3, -0.25) is 0 Å². The molecule has 2 N–H and O–H groups in total. The summed E-state index contributed by atoms with van der Waals surface area (Å²) >= 11 is 0. The van der Waals surface area contributed by atoms with Gasteiger partial charge in [0.15, 0.2) is 0 Å². The van der Waals surface area contributed by atoms with E-state index in [1.165, 1.54) is 19.1 Å². The molecule has 84 valence electrons. The van der Waals surface area contributed by atoms with E-state index in [2.05, 4.69) is 0 Å². The van der Waals surface area contributed by atoms with Crippen LogP contribution < -0.4 is 5.63 Å². The molecule has 0 radical (unpaired) electrons. The lowest BCUT2D eigenvalue weighted by Crippen LogP contribution is -2.01. The molecule has 0 amide bonds. The molecule has 1 atom stereocenters. The van der Waals surface area contributed by atoms with Gasteiger partial charge in [-0.2, -0.15) is 0 Å². The van der Waals surface area contributed by atoms with E-state index in [9.17, 15) is 15.0 Å². The van der Waals surface area contributed by atoms with E-state index in [1.807, 2.05) is 0 Å². The lowest BCUT2D eigenvalue weighted by atomic mass is 10.0. The summed E-state index contributed by atoms with van der Waals surface area (Å²) in [6, 6.07) is 4.53. The Kier molecular flexibility index (Phi) is 2.44. The Labute approximate surface area is 91.8 Å². The molecular formula is C12H12O4. The van der Waals surface area contributed by atoms with Crippen molar-refractivity contribution in [2.24, 2.45) is 0 Å². The highest BCUT2D eigenvalue weighted by atomic mass is 16.4. The fourth-order valence-corrected chi connectivity index (χ4v) is 1.80. The fraction of sp³-hybridized carbons (Fsp3) is 0.250. The molecule has 0 saturated carbocycles. The highest BCUT2D eigenvalue weighted by Gasteiger charge is 2.15. The van der Waals surface area contributed by atoms with Crippen LogP contribution >= 0.6 is 0 Å².